The molecule has 0 radical (unpaired) electrons. The maximum absolute atomic E-state index is 13.6. The lowest BCUT2D eigenvalue weighted by Crippen LogP contribution is -2.25. The summed E-state index contributed by atoms with van der Waals surface area (Å²) in [5.41, 5.74) is 4.95. The van der Waals surface area contributed by atoms with Crippen molar-refractivity contribution in [3.8, 4) is 0 Å². The number of halogens is 2. The summed E-state index contributed by atoms with van der Waals surface area (Å²) in [5, 5.41) is 2.11. The molecule has 0 atom stereocenters. The number of rotatable bonds is 2. The van der Waals surface area contributed by atoms with Gasteiger partial charge in [-0.25, -0.2) is 9.40 Å². The van der Waals surface area contributed by atoms with Crippen LogP contribution in [0.25, 0.3) is 0 Å². The first-order valence-electron chi connectivity index (χ1n) is 5.22. The highest BCUT2D eigenvalue weighted by Gasteiger charge is 2.28. The van der Waals surface area contributed by atoms with Gasteiger partial charge in [0.2, 0.25) is 0 Å². The van der Waals surface area contributed by atoms with Gasteiger partial charge < -0.3 is 5.43 Å². The number of nitrogens with zero attached hydrogens (tertiary/aromatic N) is 1. The van der Waals surface area contributed by atoms with Crippen LogP contribution in [0.4, 0.5) is 10.1 Å². The minimum absolute atomic E-state index is 0.120. The molecule has 0 amide bonds. The van der Waals surface area contributed by atoms with Crippen LogP contribution >= 0.6 is 15.9 Å². The highest BCUT2D eigenvalue weighted by molar-refractivity contribution is 9.10. The van der Waals surface area contributed by atoms with E-state index in [2.05, 4.69) is 26.4 Å². The summed E-state index contributed by atoms with van der Waals surface area (Å²) in [5.74, 6) is 0.698. The molecule has 1 aromatic rings. The second kappa shape index (κ2) is 3.46. The average molecular weight is 271 g/mol. The van der Waals surface area contributed by atoms with E-state index in [1.165, 1.54) is 18.9 Å². The van der Waals surface area contributed by atoms with Crippen LogP contribution in [0.3, 0.4) is 0 Å². The van der Waals surface area contributed by atoms with Crippen LogP contribution in [-0.2, 0) is 6.54 Å². The number of fused-ring (bicyclic) bond motifs is 1. The molecule has 3 rings (SSSR count). The largest absolute Gasteiger partial charge is 0.318 e. The Balaban J connectivity index is 1.82. The van der Waals surface area contributed by atoms with Gasteiger partial charge in [-0.15, -0.1) is 0 Å². The van der Waals surface area contributed by atoms with Crippen molar-refractivity contribution in [2.75, 3.05) is 12.0 Å². The van der Waals surface area contributed by atoms with E-state index in [9.17, 15) is 4.39 Å². The summed E-state index contributed by atoms with van der Waals surface area (Å²) in [6.45, 7) is 1.72. The smallest absolute Gasteiger partial charge is 0.131 e. The molecule has 1 N–H and O–H groups in total. The number of hydrazine groups is 1. The standard InChI is InChI=1S/C11H12BrFN2/c12-8-3-10(13)9-6-15(5-7-1-2-7)14-11(9)4-8/h3-4,7,14H,1-2,5-6H2. The van der Waals surface area contributed by atoms with Crippen LogP contribution in [0.1, 0.15) is 18.4 Å². The quantitative estimate of drug-likeness (QED) is 0.889. The number of hydrogen-bond donors (Lipinski definition) is 1. The van der Waals surface area contributed by atoms with Crippen molar-refractivity contribution >= 4 is 21.6 Å². The van der Waals surface area contributed by atoms with Gasteiger partial charge in [-0.2, -0.15) is 0 Å². The van der Waals surface area contributed by atoms with E-state index in [1.54, 1.807) is 0 Å². The predicted molar refractivity (Wildman–Crippen MR) is 60.9 cm³/mol. The fourth-order valence-corrected chi connectivity index (χ4v) is 2.42. The highest BCUT2D eigenvalue weighted by Crippen LogP contribution is 2.35. The maximum Gasteiger partial charge on any atom is 0.131 e. The summed E-state index contributed by atoms with van der Waals surface area (Å²) in [7, 11) is 0. The Morgan fingerprint density at radius 1 is 1.47 bits per heavy atom. The van der Waals surface area contributed by atoms with Crippen LogP contribution in [-0.4, -0.2) is 11.6 Å². The SMILES string of the molecule is Fc1cc(Br)cc2c1CN(CC1CC1)N2. The van der Waals surface area contributed by atoms with Crippen molar-refractivity contribution in [3.05, 3.63) is 28.0 Å². The molecule has 1 heterocycles. The van der Waals surface area contributed by atoms with Gasteiger partial charge in [-0.1, -0.05) is 15.9 Å². The van der Waals surface area contributed by atoms with Gasteiger partial charge in [0.05, 0.1) is 5.69 Å². The van der Waals surface area contributed by atoms with E-state index in [-0.39, 0.29) is 5.82 Å². The number of hydrogen-bond acceptors (Lipinski definition) is 2. The van der Waals surface area contributed by atoms with Crippen LogP contribution in [0.2, 0.25) is 0 Å². The van der Waals surface area contributed by atoms with Crippen LogP contribution in [0.5, 0.6) is 0 Å². The third-order valence-corrected chi connectivity index (χ3v) is 3.42. The average Bonchev–Trinajstić information content (AvgIpc) is 2.85. The summed E-state index contributed by atoms with van der Waals surface area (Å²) < 4.78 is 14.4. The molecular weight excluding hydrogens is 259 g/mol. The van der Waals surface area contributed by atoms with E-state index in [1.807, 2.05) is 6.07 Å². The molecule has 1 saturated carbocycles. The minimum atomic E-state index is -0.120. The molecule has 0 bridgehead atoms. The molecule has 2 aliphatic rings. The molecule has 0 spiro atoms. The third-order valence-electron chi connectivity index (χ3n) is 2.96. The lowest BCUT2D eigenvalue weighted by Gasteiger charge is -2.14. The van der Waals surface area contributed by atoms with Crippen LogP contribution in [0.15, 0.2) is 16.6 Å². The fraction of sp³-hybridized carbons (Fsp3) is 0.455. The third kappa shape index (κ3) is 1.88. The van der Waals surface area contributed by atoms with E-state index in [4.69, 9.17) is 0 Å². The molecule has 4 heteroatoms. The van der Waals surface area contributed by atoms with Gasteiger partial charge in [0.25, 0.3) is 0 Å². The Labute approximate surface area is 96.6 Å². The van der Waals surface area contributed by atoms with Gasteiger partial charge >= 0.3 is 0 Å². The Hall–Kier alpha value is -0.610. The van der Waals surface area contributed by atoms with Gasteiger partial charge in [0.15, 0.2) is 0 Å². The van der Waals surface area contributed by atoms with Crippen molar-refractivity contribution in [2.24, 2.45) is 5.92 Å². The Kier molecular flexibility index (Phi) is 2.21. The molecule has 1 fully saturated rings. The van der Waals surface area contributed by atoms with E-state index < -0.39 is 0 Å². The summed E-state index contributed by atoms with van der Waals surface area (Å²) in [6.07, 6.45) is 2.64. The van der Waals surface area contributed by atoms with Gasteiger partial charge in [-0.3, -0.25) is 0 Å². The summed E-state index contributed by atoms with van der Waals surface area (Å²) in [6, 6.07) is 3.46. The Bertz CT molecular complexity index is 404. The van der Waals surface area contributed by atoms with Crippen molar-refractivity contribution in [1.82, 2.24) is 5.01 Å². The van der Waals surface area contributed by atoms with Gasteiger partial charge in [-0.05, 0) is 30.9 Å². The molecular formula is C11H12BrFN2. The first-order valence-corrected chi connectivity index (χ1v) is 6.01. The normalized spacial score (nSPS) is 20.1. The molecule has 1 aliphatic heterocycles. The molecule has 80 valence electrons. The van der Waals surface area contributed by atoms with Crippen molar-refractivity contribution in [1.29, 1.82) is 0 Å². The first kappa shape index (κ1) is 9.60. The molecule has 2 nitrogen and oxygen atoms in total. The number of nitrogens with one attached hydrogen (secondary N) is 1. The fourth-order valence-electron chi connectivity index (χ4n) is 1.99. The monoisotopic (exact) mass is 270 g/mol. The molecule has 1 aliphatic carbocycles. The number of anilines is 1. The topological polar surface area (TPSA) is 15.3 Å². The molecule has 0 saturated heterocycles. The van der Waals surface area contributed by atoms with Crippen molar-refractivity contribution < 1.29 is 4.39 Å². The first-order chi connectivity index (χ1) is 7.22. The van der Waals surface area contributed by atoms with Crippen LogP contribution in [0, 0.1) is 11.7 Å². The highest BCUT2D eigenvalue weighted by atomic mass is 79.9. The molecule has 15 heavy (non-hydrogen) atoms. The van der Waals surface area contributed by atoms with Gasteiger partial charge in [0.1, 0.15) is 5.82 Å². The molecule has 0 unspecified atom stereocenters. The molecule has 1 aromatic carbocycles. The van der Waals surface area contributed by atoms with E-state index in [0.29, 0.717) is 6.54 Å². The summed E-state index contributed by atoms with van der Waals surface area (Å²) >= 11 is 3.30. The van der Waals surface area contributed by atoms with Gasteiger partial charge in [0, 0.05) is 23.1 Å². The van der Waals surface area contributed by atoms with Crippen LogP contribution < -0.4 is 5.43 Å². The number of benzene rings is 1. The van der Waals surface area contributed by atoms with Crippen molar-refractivity contribution in [2.45, 2.75) is 19.4 Å². The summed E-state index contributed by atoms with van der Waals surface area (Å²) in [4.78, 5) is 0. The maximum atomic E-state index is 13.6. The Morgan fingerprint density at radius 3 is 3.00 bits per heavy atom. The lowest BCUT2D eigenvalue weighted by molar-refractivity contribution is 0.325. The zero-order valence-electron chi connectivity index (χ0n) is 8.26. The second-order valence-electron chi connectivity index (χ2n) is 4.35. The van der Waals surface area contributed by atoms with E-state index in [0.717, 1.165) is 28.2 Å². The lowest BCUT2D eigenvalue weighted by atomic mass is 10.2. The molecule has 0 aromatic heterocycles. The van der Waals surface area contributed by atoms with Crippen molar-refractivity contribution in [3.63, 3.8) is 0 Å². The second-order valence-corrected chi connectivity index (χ2v) is 5.27. The minimum Gasteiger partial charge on any atom is -0.318 e. The Morgan fingerprint density at radius 2 is 2.27 bits per heavy atom. The zero-order chi connectivity index (χ0) is 10.4. The predicted octanol–water partition coefficient (Wildman–Crippen LogP) is 3.14. The van der Waals surface area contributed by atoms with E-state index >= 15 is 0 Å². The zero-order valence-corrected chi connectivity index (χ0v) is 9.85.